The molecule has 9 aliphatic carbocycles. The van der Waals surface area contributed by atoms with Crippen LogP contribution in [0.5, 0.6) is 0 Å². The molecule has 18 heteroatoms. The van der Waals surface area contributed by atoms with Gasteiger partial charge in [0.2, 0.25) is 5.70 Å². The fourth-order valence-electron chi connectivity index (χ4n) is 16.4. The topological polar surface area (TPSA) is 199 Å². The lowest BCUT2D eigenvalue weighted by molar-refractivity contribution is -0.199. The van der Waals surface area contributed by atoms with Crippen molar-refractivity contribution in [2.45, 2.75) is 189 Å². The Hall–Kier alpha value is -5.65. The van der Waals surface area contributed by atoms with Crippen molar-refractivity contribution in [3.8, 4) is 6.07 Å². The van der Waals surface area contributed by atoms with Crippen molar-refractivity contribution < 1.29 is 52.4 Å². The molecule has 0 spiro atoms. The number of alkyl carbamates (subject to hydrolysis) is 2. The van der Waals surface area contributed by atoms with Crippen LogP contribution in [0, 0.1) is 92.8 Å². The smallest absolute Gasteiger partial charge is 0.477 e. The fourth-order valence-corrected chi connectivity index (χ4v) is 16.4. The van der Waals surface area contributed by atoms with Crippen LogP contribution in [-0.2, 0) is 50.5 Å². The van der Waals surface area contributed by atoms with Gasteiger partial charge in [0.05, 0.1) is 54.5 Å². The Kier molecular flexibility index (Phi) is 17.5. The molecule has 12 fully saturated rings. The summed E-state index contributed by atoms with van der Waals surface area (Å²) in [6.07, 6.45) is 12.9. The first-order valence-corrected chi connectivity index (χ1v) is 31.4. The molecule has 0 aromatic heterocycles. The molecule has 3 saturated heterocycles. The second-order valence-corrected chi connectivity index (χ2v) is 30.3. The van der Waals surface area contributed by atoms with Gasteiger partial charge in [-0.05, 0) is 164 Å². The molecule has 12 aliphatic rings. The Morgan fingerprint density at radius 3 is 1.60 bits per heavy atom. The highest BCUT2D eigenvalue weighted by atomic mass is 16.7. The number of nitrogens with zero attached hydrogens (tertiary/aromatic N) is 3. The third-order valence-electron chi connectivity index (χ3n) is 21.5. The number of aliphatic carboxylic acids is 1. The molecule has 3 aliphatic heterocycles. The molecule has 14 rings (SSSR count). The number of hydrogen-bond acceptors (Lipinski definition) is 11. The average molecular weight is 1160 g/mol. The summed E-state index contributed by atoms with van der Waals surface area (Å²) in [7, 11) is -1.03. The first-order valence-electron chi connectivity index (χ1n) is 31.4. The zero-order valence-corrected chi connectivity index (χ0v) is 52.2. The number of amides is 3. The highest BCUT2D eigenvalue weighted by Gasteiger charge is 2.70. The maximum Gasteiger partial charge on any atom is 0.482 e. The second-order valence-electron chi connectivity index (χ2n) is 30.3. The van der Waals surface area contributed by atoms with Crippen LogP contribution in [0.1, 0.15) is 146 Å². The molecule has 3 amide bonds. The lowest BCUT2D eigenvalue weighted by Crippen LogP contribution is -2.65. The molecule has 0 unspecified atom stereocenters. The van der Waals surface area contributed by atoms with Crippen molar-refractivity contribution in [2.75, 3.05) is 19.8 Å². The molecule has 16 atom stereocenters. The predicted molar refractivity (Wildman–Crippen MR) is 323 cm³/mol. The van der Waals surface area contributed by atoms with Gasteiger partial charge in [0.15, 0.2) is 0 Å². The van der Waals surface area contributed by atoms with Gasteiger partial charge < -0.3 is 48.7 Å². The van der Waals surface area contributed by atoms with Gasteiger partial charge in [-0.15, -0.1) is 0 Å². The highest BCUT2D eigenvalue weighted by molar-refractivity contribution is 6.48. The molecule has 85 heavy (non-hydrogen) atoms. The van der Waals surface area contributed by atoms with Gasteiger partial charge in [0.25, 0.3) is 5.91 Å². The molecular weight excluding hydrogens is 1070 g/mol. The molecule has 9 saturated carbocycles. The van der Waals surface area contributed by atoms with E-state index in [0.29, 0.717) is 72.8 Å². The zero-order valence-electron chi connectivity index (χ0n) is 52.2. The van der Waals surface area contributed by atoms with E-state index in [2.05, 4.69) is 69.2 Å². The quantitative estimate of drug-likeness (QED) is 0.0701. The summed E-state index contributed by atoms with van der Waals surface area (Å²) in [5.41, 5.74) is 1.49. The van der Waals surface area contributed by atoms with Crippen molar-refractivity contribution in [1.82, 2.24) is 15.5 Å². The van der Waals surface area contributed by atoms with Gasteiger partial charge in [0.1, 0.15) is 18.2 Å². The molecule has 4 bridgehead atoms. The van der Waals surface area contributed by atoms with Gasteiger partial charge in [-0.25, -0.2) is 19.2 Å². The van der Waals surface area contributed by atoms with Crippen LogP contribution in [0.4, 0.5) is 9.59 Å². The molecule has 456 valence electrons. The van der Waals surface area contributed by atoms with Crippen LogP contribution in [0.15, 0.2) is 84.1 Å². The highest BCUT2D eigenvalue weighted by Crippen LogP contribution is 2.67. The van der Waals surface area contributed by atoms with Gasteiger partial charge in [-0.1, -0.05) is 142 Å². The van der Waals surface area contributed by atoms with E-state index in [9.17, 15) is 19.2 Å². The summed E-state index contributed by atoms with van der Waals surface area (Å²) in [5, 5.41) is 23.0. The van der Waals surface area contributed by atoms with Crippen LogP contribution in [0.2, 0.25) is 0 Å². The molecule has 2 aromatic carbocycles. The maximum atomic E-state index is 13.3. The average Bonchev–Trinajstić information content (AvgIpc) is 1.73. The molecule has 2 aromatic rings. The zero-order chi connectivity index (χ0) is 61.2. The summed E-state index contributed by atoms with van der Waals surface area (Å²) in [6.45, 7) is 34.1. The Labute approximate surface area is 505 Å². The van der Waals surface area contributed by atoms with E-state index < -0.39 is 32.2 Å². The summed E-state index contributed by atoms with van der Waals surface area (Å²) >= 11 is 0. The number of likely N-dealkylation sites (tertiary alicyclic amines) is 1. The first-order chi connectivity index (χ1) is 40.0. The minimum atomic E-state index is -1.16. The van der Waals surface area contributed by atoms with Gasteiger partial charge in [-0.3, -0.25) is 4.79 Å². The van der Waals surface area contributed by atoms with E-state index in [-0.39, 0.29) is 81.5 Å². The molecule has 0 radical (unpaired) electrons. The summed E-state index contributed by atoms with van der Waals surface area (Å²) in [5.74, 6) is 3.10. The van der Waals surface area contributed by atoms with E-state index in [1.54, 1.807) is 17.0 Å². The van der Waals surface area contributed by atoms with Crippen molar-refractivity contribution >= 4 is 38.3 Å². The number of ether oxygens (including phenoxy) is 2. The van der Waals surface area contributed by atoms with Crippen LogP contribution < -0.4 is 10.6 Å². The third-order valence-corrected chi connectivity index (χ3v) is 21.5. The normalized spacial score (nSPS) is 34.4. The predicted octanol–water partition coefficient (Wildman–Crippen LogP) is 11.5. The minimum absolute atomic E-state index is 0.0121. The first kappa shape index (κ1) is 62.4. The van der Waals surface area contributed by atoms with Crippen molar-refractivity contribution in [3.63, 3.8) is 0 Å². The number of rotatable bonds is 14. The molecular formula is C67H91B2N5O11. The number of piperidine rings is 1. The van der Waals surface area contributed by atoms with Gasteiger partial charge in [0, 0.05) is 6.54 Å². The van der Waals surface area contributed by atoms with Crippen molar-refractivity contribution in [3.05, 3.63) is 107 Å². The summed E-state index contributed by atoms with van der Waals surface area (Å²) in [4.78, 5) is 55.0. The summed E-state index contributed by atoms with van der Waals surface area (Å²) in [6, 6.07) is 21.7. The molecule has 3 heterocycles. The minimum Gasteiger partial charge on any atom is -0.477 e. The number of hydrogen-bond donors (Lipinski definition) is 3. The van der Waals surface area contributed by atoms with E-state index in [1.807, 2.05) is 90.1 Å². The fraction of sp³-hybridized carbons (Fsp3) is 0.672. The monoisotopic (exact) mass is 1160 g/mol. The molecule has 3 N–H and O–H groups in total. The van der Waals surface area contributed by atoms with Gasteiger partial charge in [-0.2, -0.15) is 5.26 Å². The second kappa shape index (κ2) is 23.8. The number of nitrogens with one attached hydrogen (secondary N) is 2. The van der Waals surface area contributed by atoms with E-state index in [0.717, 1.165) is 48.6 Å². The standard InChI is InChI=1S/C33H44BN3O5.C26H36BNO4.C8H11NO2/c1-31(2,3)17-24(35-7)29(38)37-18-21-14-23(21)25(37)19-40-30(39)36-28(13-20-11-9-8-10-12-20)34-41-27-16-22-15-26(32(22,4)5)33(27,6)42-34;1-25(2)19-13-21(25)26(3)22(14-19)31-27(32-26)23(11-16-7-5-4-6-8-16)28-24(29)30-15-18-10-9-17-12-20(17)18;1-8(2,3)4-6(5-9)7(10)11/h8-12,17,21-23,25-28H,13-16,18-19H2,1-6H3,(H,36,39);4-8,17-23H,9-15H2,1-3H3,(H,28,29);4H,1-3H3,(H,10,11)/t21-,22+,23-,25-,26+,27-,28+,33+;17-,18+,19-,20+,21-,22+,23-,26-;/m10./s1. The van der Waals surface area contributed by atoms with Crippen LogP contribution in [0.25, 0.3) is 4.85 Å². The number of carboxylic acid groups (broad SMARTS) is 1. The number of nitriles is 1. The SMILES string of the molecule is CC(C)(C)C=C(C#N)C(=O)O.CC1(C)[C@@H]2C[C@H]3OB([C@H](Cc4ccccc4)NC(=O)OC[C@H]4CC[C@H]5C[C@@H]45)O[C@@]3(C)[C@H]1C2.[C-]#[N+]C(=CC(C)(C)C)C(=O)N1C[C@H]2C[C@H]2[C@H]1COC(=O)N[C@@H](Cc1ccccc1)B1O[C@@H]2C[C@@H]3C[C@@H](C3(C)C)[C@]2(C)O1. The number of carbonyl (C=O) groups is 4. The van der Waals surface area contributed by atoms with Crippen molar-refractivity contribution in [2.24, 2.45) is 74.9 Å². The lowest BCUT2D eigenvalue weighted by atomic mass is 9.43. The van der Waals surface area contributed by atoms with E-state index >= 15 is 0 Å². The van der Waals surface area contributed by atoms with Crippen LogP contribution in [-0.4, -0.2) is 109 Å². The molecule has 16 nitrogen and oxygen atoms in total. The van der Waals surface area contributed by atoms with E-state index in [4.69, 9.17) is 45.0 Å². The Bertz CT molecular complexity index is 2970. The van der Waals surface area contributed by atoms with Crippen LogP contribution >= 0.6 is 0 Å². The number of carbonyl (C=O) groups excluding carboxylic acids is 3. The summed E-state index contributed by atoms with van der Waals surface area (Å²) < 4.78 is 38.0. The Balaban J connectivity index is 0.000000165. The Morgan fingerprint density at radius 1 is 0.718 bits per heavy atom. The largest absolute Gasteiger partial charge is 0.482 e. The number of benzene rings is 2. The third kappa shape index (κ3) is 13.3. The number of fused-ring (bicyclic) bond motifs is 2. The van der Waals surface area contributed by atoms with Gasteiger partial charge >= 0.3 is 32.4 Å². The number of allylic oxidation sites excluding steroid dienone is 2. The van der Waals surface area contributed by atoms with Crippen LogP contribution in [0.3, 0.4) is 0 Å². The maximum absolute atomic E-state index is 13.3. The lowest BCUT2D eigenvalue weighted by Gasteiger charge is -2.64. The van der Waals surface area contributed by atoms with Crippen molar-refractivity contribution in [1.29, 1.82) is 5.26 Å². The van der Waals surface area contributed by atoms with E-state index in [1.165, 1.54) is 31.8 Å². The Morgan fingerprint density at radius 2 is 1.20 bits per heavy atom. The number of carboxylic acids is 1.